The largest absolute Gasteiger partial charge is 0.490 e. The molecule has 1 aliphatic carbocycles. The molecule has 0 amide bonds. The summed E-state index contributed by atoms with van der Waals surface area (Å²) in [6.07, 6.45) is 9.73. The number of rotatable bonds is 6. The Morgan fingerprint density at radius 1 is 1.07 bits per heavy atom. The van der Waals surface area contributed by atoms with Crippen molar-refractivity contribution in [3.63, 3.8) is 0 Å². The van der Waals surface area contributed by atoms with Crippen molar-refractivity contribution in [2.75, 3.05) is 7.11 Å². The van der Waals surface area contributed by atoms with E-state index in [1.165, 1.54) is 20.0 Å². The SMILES string of the molecule is COC(=O)CCc1ccc(OC2CCCC2)c(-c2ccc3cnccc3c2)c1. The first-order valence-corrected chi connectivity index (χ1v) is 9.93. The Kier molecular flexibility index (Phi) is 5.56. The number of ether oxygens (including phenoxy) is 2. The minimum Gasteiger partial charge on any atom is -0.490 e. The van der Waals surface area contributed by atoms with Gasteiger partial charge in [-0.15, -0.1) is 0 Å². The van der Waals surface area contributed by atoms with Gasteiger partial charge >= 0.3 is 5.97 Å². The molecular weight excluding hydrogens is 350 g/mol. The molecule has 0 saturated heterocycles. The van der Waals surface area contributed by atoms with E-state index < -0.39 is 0 Å². The van der Waals surface area contributed by atoms with Gasteiger partial charge in [-0.05, 0) is 72.9 Å². The van der Waals surface area contributed by atoms with Gasteiger partial charge in [0.2, 0.25) is 0 Å². The summed E-state index contributed by atoms with van der Waals surface area (Å²) >= 11 is 0. The van der Waals surface area contributed by atoms with Gasteiger partial charge in [-0.2, -0.15) is 0 Å². The highest BCUT2D eigenvalue weighted by Gasteiger charge is 2.19. The highest BCUT2D eigenvalue weighted by Crippen LogP contribution is 2.35. The van der Waals surface area contributed by atoms with Crippen molar-refractivity contribution in [1.82, 2.24) is 4.98 Å². The topological polar surface area (TPSA) is 48.4 Å². The number of aryl methyl sites for hydroxylation is 1. The maximum Gasteiger partial charge on any atom is 0.305 e. The second-order valence-electron chi connectivity index (χ2n) is 7.37. The number of pyridine rings is 1. The van der Waals surface area contributed by atoms with Crippen LogP contribution in [0.25, 0.3) is 21.9 Å². The molecule has 0 unspecified atom stereocenters. The summed E-state index contributed by atoms with van der Waals surface area (Å²) in [5.41, 5.74) is 3.30. The first-order chi connectivity index (χ1) is 13.7. The molecular formula is C24H25NO3. The average molecular weight is 375 g/mol. The van der Waals surface area contributed by atoms with E-state index in [1.54, 1.807) is 0 Å². The number of carbonyl (C=O) groups is 1. The van der Waals surface area contributed by atoms with Crippen LogP contribution in [0.3, 0.4) is 0 Å². The Labute approximate surface area is 165 Å². The number of carbonyl (C=O) groups excluding carboxylic acids is 1. The third kappa shape index (κ3) is 4.16. The molecule has 3 aromatic rings. The summed E-state index contributed by atoms with van der Waals surface area (Å²) in [5, 5.41) is 2.27. The van der Waals surface area contributed by atoms with Gasteiger partial charge in [0.1, 0.15) is 5.75 Å². The van der Waals surface area contributed by atoms with Gasteiger partial charge in [0.05, 0.1) is 13.2 Å². The van der Waals surface area contributed by atoms with E-state index in [9.17, 15) is 4.79 Å². The molecule has 0 N–H and O–H groups in total. The number of nitrogens with zero attached hydrogens (tertiary/aromatic N) is 1. The van der Waals surface area contributed by atoms with Crippen LogP contribution >= 0.6 is 0 Å². The zero-order valence-corrected chi connectivity index (χ0v) is 16.2. The van der Waals surface area contributed by atoms with Crippen LogP contribution in [0.15, 0.2) is 54.9 Å². The molecule has 4 rings (SSSR count). The lowest BCUT2D eigenvalue weighted by Crippen LogP contribution is -2.11. The maximum atomic E-state index is 11.5. The highest BCUT2D eigenvalue weighted by molar-refractivity contribution is 5.87. The van der Waals surface area contributed by atoms with Gasteiger partial charge in [0.15, 0.2) is 0 Å². The molecule has 1 fully saturated rings. The number of fused-ring (bicyclic) bond motifs is 1. The fourth-order valence-electron chi connectivity index (χ4n) is 3.85. The molecule has 1 aromatic heterocycles. The Morgan fingerprint density at radius 2 is 1.93 bits per heavy atom. The van der Waals surface area contributed by atoms with Crippen LogP contribution in [0.1, 0.15) is 37.7 Å². The van der Waals surface area contributed by atoms with Crippen molar-refractivity contribution >= 4 is 16.7 Å². The number of methoxy groups -OCH3 is 1. The lowest BCUT2D eigenvalue weighted by Gasteiger charge is -2.18. The number of esters is 1. The molecule has 1 heterocycles. The standard InChI is InChI=1S/C24H25NO3/c1-27-24(26)11-7-17-6-10-23(28-21-4-2-3-5-21)22(14-17)19-8-9-20-16-25-13-12-18(20)15-19/h6,8-10,12-16,21H,2-5,7,11H2,1H3. The van der Waals surface area contributed by atoms with E-state index in [0.717, 1.165) is 46.1 Å². The summed E-state index contributed by atoms with van der Waals surface area (Å²) in [4.78, 5) is 15.7. The normalized spacial score (nSPS) is 14.3. The minimum atomic E-state index is -0.189. The van der Waals surface area contributed by atoms with Crippen molar-refractivity contribution < 1.29 is 14.3 Å². The zero-order chi connectivity index (χ0) is 19.3. The van der Waals surface area contributed by atoms with Gasteiger partial charge < -0.3 is 9.47 Å². The van der Waals surface area contributed by atoms with Crippen LogP contribution in [-0.4, -0.2) is 24.2 Å². The summed E-state index contributed by atoms with van der Waals surface area (Å²) in [6.45, 7) is 0. The molecule has 28 heavy (non-hydrogen) atoms. The van der Waals surface area contributed by atoms with E-state index in [4.69, 9.17) is 9.47 Å². The lowest BCUT2D eigenvalue weighted by atomic mass is 9.98. The van der Waals surface area contributed by atoms with Crippen molar-refractivity contribution in [3.05, 3.63) is 60.4 Å². The molecule has 0 spiro atoms. The van der Waals surface area contributed by atoms with Crippen LogP contribution in [0.5, 0.6) is 5.75 Å². The first kappa shape index (κ1) is 18.5. The van der Waals surface area contributed by atoms with E-state index in [0.29, 0.717) is 18.9 Å². The van der Waals surface area contributed by atoms with E-state index in [-0.39, 0.29) is 5.97 Å². The summed E-state index contributed by atoms with van der Waals surface area (Å²) < 4.78 is 11.1. The molecule has 0 radical (unpaired) electrons. The third-order valence-electron chi connectivity index (χ3n) is 5.44. The Hall–Kier alpha value is -2.88. The first-order valence-electron chi connectivity index (χ1n) is 9.93. The smallest absolute Gasteiger partial charge is 0.305 e. The van der Waals surface area contributed by atoms with E-state index >= 15 is 0 Å². The predicted molar refractivity (Wildman–Crippen MR) is 110 cm³/mol. The Morgan fingerprint density at radius 3 is 2.75 bits per heavy atom. The lowest BCUT2D eigenvalue weighted by molar-refractivity contribution is -0.140. The zero-order valence-electron chi connectivity index (χ0n) is 16.2. The quantitative estimate of drug-likeness (QED) is 0.547. The number of hydrogen-bond acceptors (Lipinski definition) is 4. The van der Waals surface area contributed by atoms with E-state index in [1.807, 2.05) is 18.5 Å². The molecule has 144 valence electrons. The molecule has 0 aliphatic heterocycles. The van der Waals surface area contributed by atoms with Crippen LogP contribution in [0, 0.1) is 0 Å². The van der Waals surface area contributed by atoms with Crippen molar-refractivity contribution in [3.8, 4) is 16.9 Å². The van der Waals surface area contributed by atoms with Gasteiger partial charge in [-0.3, -0.25) is 9.78 Å². The summed E-state index contributed by atoms with van der Waals surface area (Å²) in [5.74, 6) is 0.730. The molecule has 0 bridgehead atoms. The molecule has 1 saturated carbocycles. The van der Waals surface area contributed by atoms with Crippen LogP contribution < -0.4 is 4.74 Å². The monoisotopic (exact) mass is 375 g/mol. The molecule has 4 heteroatoms. The fourth-order valence-corrected chi connectivity index (χ4v) is 3.85. The number of benzene rings is 2. The number of hydrogen-bond donors (Lipinski definition) is 0. The predicted octanol–water partition coefficient (Wildman–Crippen LogP) is 5.33. The Bertz CT molecular complexity index is 977. The second-order valence-corrected chi connectivity index (χ2v) is 7.37. The van der Waals surface area contributed by atoms with Gasteiger partial charge in [0.25, 0.3) is 0 Å². The molecule has 0 atom stereocenters. The van der Waals surface area contributed by atoms with Crippen molar-refractivity contribution in [1.29, 1.82) is 0 Å². The molecule has 4 nitrogen and oxygen atoms in total. The summed E-state index contributed by atoms with van der Waals surface area (Å²) in [6, 6.07) is 14.7. The van der Waals surface area contributed by atoms with Crippen LogP contribution in [0.2, 0.25) is 0 Å². The fraction of sp³-hybridized carbons (Fsp3) is 0.333. The summed E-state index contributed by atoms with van der Waals surface area (Å²) in [7, 11) is 1.43. The molecule has 1 aliphatic rings. The van der Waals surface area contributed by atoms with Gasteiger partial charge in [-0.1, -0.05) is 18.2 Å². The highest BCUT2D eigenvalue weighted by atomic mass is 16.5. The second kappa shape index (κ2) is 8.42. The Balaban J connectivity index is 1.69. The van der Waals surface area contributed by atoms with Crippen LogP contribution in [0.4, 0.5) is 0 Å². The van der Waals surface area contributed by atoms with Crippen molar-refractivity contribution in [2.24, 2.45) is 0 Å². The van der Waals surface area contributed by atoms with E-state index in [2.05, 4.69) is 41.4 Å². The van der Waals surface area contributed by atoms with Gasteiger partial charge in [0, 0.05) is 29.8 Å². The van der Waals surface area contributed by atoms with Crippen LogP contribution in [-0.2, 0) is 16.0 Å². The minimum absolute atomic E-state index is 0.189. The number of aromatic nitrogens is 1. The average Bonchev–Trinajstić information content (AvgIpc) is 3.25. The molecule has 2 aromatic carbocycles. The maximum absolute atomic E-state index is 11.5. The third-order valence-corrected chi connectivity index (χ3v) is 5.44. The van der Waals surface area contributed by atoms with Crippen molar-refractivity contribution in [2.45, 2.75) is 44.6 Å². The van der Waals surface area contributed by atoms with Gasteiger partial charge in [-0.25, -0.2) is 0 Å².